The Morgan fingerprint density at radius 2 is 0.870 bits per heavy atom. The highest BCUT2D eigenvalue weighted by Crippen LogP contribution is 2.12. The van der Waals surface area contributed by atoms with Crippen molar-refractivity contribution < 1.29 is 9.67 Å². The molecule has 0 spiro atoms. The molecule has 0 aliphatic heterocycles. The molecule has 0 aliphatic rings. The van der Waals surface area contributed by atoms with Crippen molar-refractivity contribution in [2.45, 2.75) is 96.4 Å². The first-order valence-corrected chi connectivity index (χ1v) is 9.98. The summed E-state index contributed by atoms with van der Waals surface area (Å²) < 4.78 is 2.28. The summed E-state index contributed by atoms with van der Waals surface area (Å²) in [5.74, 6) is 0. The van der Waals surface area contributed by atoms with Gasteiger partial charge in [0.05, 0.1) is 0 Å². The van der Waals surface area contributed by atoms with Gasteiger partial charge in [0.15, 0.2) is 12.4 Å². The number of aromatic nitrogens is 1. The minimum atomic E-state index is 0.366. The number of hydrogen-bond donors (Lipinski definition) is 1. The van der Waals surface area contributed by atoms with Gasteiger partial charge in [0, 0.05) is 25.2 Å². The van der Waals surface area contributed by atoms with Crippen LogP contribution in [0.2, 0.25) is 0 Å². The standard InChI is InChI=1S/C21H38NO/c23-21-17-12-10-8-6-4-2-1-3-5-7-9-11-14-18-22-19-15-13-16-20-22/h13,15-16,19-20,23H,1-12,14,17-18,21H2/q+1. The molecular weight excluding hydrogens is 282 g/mol. The van der Waals surface area contributed by atoms with E-state index in [9.17, 15) is 0 Å². The first-order chi connectivity index (χ1) is 11.4. The molecule has 0 aromatic carbocycles. The number of unbranched alkanes of at least 4 members (excludes halogenated alkanes) is 13. The van der Waals surface area contributed by atoms with Crippen molar-refractivity contribution in [3.8, 4) is 0 Å². The summed E-state index contributed by atoms with van der Waals surface area (Å²) in [7, 11) is 0. The number of hydrogen-bond acceptors (Lipinski definition) is 1. The van der Waals surface area contributed by atoms with E-state index in [0.717, 1.165) is 6.42 Å². The Morgan fingerprint density at radius 1 is 0.478 bits per heavy atom. The fraction of sp³-hybridized carbons (Fsp3) is 0.762. The van der Waals surface area contributed by atoms with Crippen molar-refractivity contribution in [3.63, 3.8) is 0 Å². The topological polar surface area (TPSA) is 24.1 Å². The molecule has 0 saturated heterocycles. The third kappa shape index (κ3) is 13.3. The van der Waals surface area contributed by atoms with Crippen LogP contribution in [0.4, 0.5) is 0 Å². The van der Waals surface area contributed by atoms with Crippen molar-refractivity contribution in [1.29, 1.82) is 0 Å². The van der Waals surface area contributed by atoms with Gasteiger partial charge in [-0.15, -0.1) is 0 Å². The van der Waals surface area contributed by atoms with Gasteiger partial charge in [-0.1, -0.05) is 76.7 Å². The van der Waals surface area contributed by atoms with E-state index in [4.69, 9.17) is 5.11 Å². The van der Waals surface area contributed by atoms with E-state index in [1.165, 1.54) is 90.0 Å². The van der Waals surface area contributed by atoms with Gasteiger partial charge in [0.2, 0.25) is 0 Å². The molecule has 23 heavy (non-hydrogen) atoms. The molecule has 1 rings (SSSR count). The molecule has 0 atom stereocenters. The predicted molar refractivity (Wildman–Crippen MR) is 98.4 cm³/mol. The highest BCUT2D eigenvalue weighted by molar-refractivity contribution is 4.83. The summed E-state index contributed by atoms with van der Waals surface area (Å²) in [6, 6.07) is 6.29. The highest BCUT2D eigenvalue weighted by Gasteiger charge is 1.98. The van der Waals surface area contributed by atoms with Crippen molar-refractivity contribution in [2.24, 2.45) is 0 Å². The van der Waals surface area contributed by atoms with Crippen LogP contribution in [-0.2, 0) is 6.54 Å². The first kappa shape index (κ1) is 20.2. The molecule has 2 heteroatoms. The van der Waals surface area contributed by atoms with Crippen LogP contribution in [-0.4, -0.2) is 11.7 Å². The second kappa shape index (κ2) is 16.0. The van der Waals surface area contributed by atoms with E-state index in [0.29, 0.717) is 6.61 Å². The third-order valence-corrected chi connectivity index (χ3v) is 4.60. The molecule has 132 valence electrons. The largest absolute Gasteiger partial charge is 0.396 e. The summed E-state index contributed by atoms with van der Waals surface area (Å²) in [6.45, 7) is 1.53. The number of rotatable bonds is 16. The fourth-order valence-electron chi connectivity index (χ4n) is 3.11. The zero-order valence-corrected chi connectivity index (χ0v) is 15.1. The lowest BCUT2D eigenvalue weighted by atomic mass is 10.0. The Bertz CT molecular complexity index is 339. The lowest BCUT2D eigenvalue weighted by Gasteiger charge is -2.03. The van der Waals surface area contributed by atoms with Gasteiger partial charge in [-0.2, -0.15) is 0 Å². The molecular formula is C21H38NO+. The lowest BCUT2D eigenvalue weighted by molar-refractivity contribution is -0.697. The van der Waals surface area contributed by atoms with Crippen LogP contribution in [0.5, 0.6) is 0 Å². The van der Waals surface area contributed by atoms with Crippen molar-refractivity contribution in [1.82, 2.24) is 0 Å². The number of aliphatic hydroxyl groups excluding tert-OH is 1. The second-order valence-electron chi connectivity index (χ2n) is 6.79. The number of nitrogens with zero attached hydrogens (tertiary/aromatic N) is 1. The molecule has 1 aromatic heterocycles. The molecule has 1 heterocycles. The molecule has 0 unspecified atom stereocenters. The monoisotopic (exact) mass is 320 g/mol. The Labute approximate surface area is 143 Å². The first-order valence-electron chi connectivity index (χ1n) is 9.98. The normalized spacial score (nSPS) is 11.0. The van der Waals surface area contributed by atoms with Crippen LogP contribution in [0.25, 0.3) is 0 Å². The van der Waals surface area contributed by atoms with Crippen molar-refractivity contribution >= 4 is 0 Å². The smallest absolute Gasteiger partial charge is 0.168 e. The Morgan fingerprint density at radius 3 is 1.30 bits per heavy atom. The second-order valence-corrected chi connectivity index (χ2v) is 6.79. The average molecular weight is 321 g/mol. The summed E-state index contributed by atoms with van der Waals surface area (Å²) in [4.78, 5) is 0. The molecule has 0 aliphatic carbocycles. The maximum atomic E-state index is 8.71. The van der Waals surface area contributed by atoms with E-state index >= 15 is 0 Å². The van der Waals surface area contributed by atoms with Crippen LogP contribution in [0.15, 0.2) is 30.6 Å². The average Bonchev–Trinajstić information content (AvgIpc) is 2.59. The van der Waals surface area contributed by atoms with Gasteiger partial charge in [0.1, 0.15) is 6.54 Å². The van der Waals surface area contributed by atoms with Crippen LogP contribution >= 0.6 is 0 Å². The molecule has 0 saturated carbocycles. The highest BCUT2D eigenvalue weighted by atomic mass is 16.2. The van der Waals surface area contributed by atoms with E-state index in [-0.39, 0.29) is 0 Å². The van der Waals surface area contributed by atoms with Gasteiger partial charge < -0.3 is 5.11 Å². The summed E-state index contributed by atoms with van der Waals surface area (Å²) in [5, 5.41) is 8.71. The van der Waals surface area contributed by atoms with Crippen LogP contribution in [0.1, 0.15) is 89.9 Å². The van der Waals surface area contributed by atoms with Gasteiger partial charge in [-0.05, 0) is 12.8 Å². The molecule has 0 amide bonds. The zero-order valence-electron chi connectivity index (χ0n) is 15.1. The summed E-state index contributed by atoms with van der Waals surface area (Å²) in [5.41, 5.74) is 0. The van der Waals surface area contributed by atoms with Crippen molar-refractivity contribution in [3.05, 3.63) is 30.6 Å². The van der Waals surface area contributed by atoms with E-state index in [2.05, 4.69) is 35.2 Å². The fourth-order valence-corrected chi connectivity index (χ4v) is 3.11. The lowest BCUT2D eigenvalue weighted by Crippen LogP contribution is -2.32. The molecule has 0 radical (unpaired) electrons. The third-order valence-electron chi connectivity index (χ3n) is 4.60. The molecule has 2 nitrogen and oxygen atoms in total. The van der Waals surface area contributed by atoms with Gasteiger partial charge in [0.25, 0.3) is 0 Å². The minimum Gasteiger partial charge on any atom is -0.396 e. The minimum absolute atomic E-state index is 0.366. The van der Waals surface area contributed by atoms with Gasteiger partial charge in [-0.25, -0.2) is 4.57 Å². The molecule has 0 fully saturated rings. The van der Waals surface area contributed by atoms with E-state index < -0.39 is 0 Å². The van der Waals surface area contributed by atoms with Gasteiger partial charge in [-0.3, -0.25) is 0 Å². The zero-order chi connectivity index (χ0) is 16.4. The van der Waals surface area contributed by atoms with Crippen LogP contribution in [0, 0.1) is 0 Å². The van der Waals surface area contributed by atoms with Crippen molar-refractivity contribution in [2.75, 3.05) is 6.61 Å². The SMILES string of the molecule is OCCCCCCCCCCCCCCCC[n+]1ccccc1. The summed E-state index contributed by atoms with van der Waals surface area (Å²) in [6.07, 6.45) is 23.2. The van der Waals surface area contributed by atoms with E-state index in [1.807, 2.05) is 0 Å². The Kier molecular flexibility index (Phi) is 14.0. The Balaban J connectivity index is 1.72. The summed E-state index contributed by atoms with van der Waals surface area (Å²) >= 11 is 0. The number of aryl methyl sites for hydroxylation is 1. The van der Waals surface area contributed by atoms with Gasteiger partial charge >= 0.3 is 0 Å². The van der Waals surface area contributed by atoms with Crippen LogP contribution < -0.4 is 4.57 Å². The Hall–Kier alpha value is -0.890. The quantitative estimate of drug-likeness (QED) is 0.319. The molecule has 1 N–H and O–H groups in total. The molecule has 1 aromatic rings. The number of pyridine rings is 1. The van der Waals surface area contributed by atoms with Crippen LogP contribution in [0.3, 0.4) is 0 Å². The van der Waals surface area contributed by atoms with E-state index in [1.54, 1.807) is 0 Å². The predicted octanol–water partition coefficient (Wildman–Crippen LogP) is 5.43. The number of aliphatic hydroxyl groups is 1. The molecule has 0 bridgehead atoms. The maximum Gasteiger partial charge on any atom is 0.168 e. The maximum absolute atomic E-state index is 8.71.